The summed E-state index contributed by atoms with van der Waals surface area (Å²) in [6, 6.07) is 4.85. The number of amides is 1. The number of nitrogens with zero attached hydrogens (tertiary/aromatic N) is 3. The lowest BCUT2D eigenvalue weighted by atomic mass is 9.94. The number of carbonyl (C=O) groups excluding carboxylic acids is 1. The van der Waals surface area contributed by atoms with Gasteiger partial charge in [0.2, 0.25) is 0 Å². The molecule has 0 spiro atoms. The Bertz CT molecular complexity index is 884. The monoisotopic (exact) mass is 422 g/mol. The molecule has 0 bridgehead atoms. The number of hydrogen-bond donors (Lipinski definition) is 1. The molecular formula is C19H20ClFN4O2S. The SMILES string of the molecule is O=C(c1cc2c(s1)CCOC2)N1C[C@@H]2CC[C@@H](Nc3ccc(Cl)nn3)[C@]2(F)C1. The summed E-state index contributed by atoms with van der Waals surface area (Å²) in [5.74, 6) is 0.269. The third-order valence-electron chi connectivity index (χ3n) is 6.02. The third kappa shape index (κ3) is 3.07. The van der Waals surface area contributed by atoms with Crippen molar-refractivity contribution in [2.24, 2.45) is 5.92 Å². The number of ether oxygens (including phenoxy) is 1. The van der Waals surface area contributed by atoms with E-state index in [2.05, 4.69) is 15.5 Å². The summed E-state index contributed by atoms with van der Waals surface area (Å²) in [5.41, 5.74) is -0.369. The molecule has 3 atom stereocenters. The van der Waals surface area contributed by atoms with E-state index in [9.17, 15) is 4.79 Å². The third-order valence-corrected chi connectivity index (χ3v) is 7.44. The van der Waals surface area contributed by atoms with Crippen molar-refractivity contribution in [3.63, 3.8) is 0 Å². The second-order valence-corrected chi connectivity index (χ2v) is 9.21. The van der Waals surface area contributed by atoms with Crippen LogP contribution >= 0.6 is 22.9 Å². The minimum absolute atomic E-state index is 0.0733. The van der Waals surface area contributed by atoms with Gasteiger partial charge in [-0.3, -0.25) is 4.79 Å². The van der Waals surface area contributed by atoms with E-state index in [0.29, 0.717) is 42.0 Å². The van der Waals surface area contributed by atoms with Crippen LogP contribution in [0, 0.1) is 5.92 Å². The van der Waals surface area contributed by atoms with Gasteiger partial charge >= 0.3 is 0 Å². The second kappa shape index (κ2) is 6.93. The van der Waals surface area contributed by atoms with Crippen LogP contribution in [0.1, 0.15) is 33.0 Å². The number of carbonyl (C=O) groups is 1. The maximum absolute atomic E-state index is 15.9. The van der Waals surface area contributed by atoms with E-state index in [4.69, 9.17) is 16.3 Å². The molecule has 0 radical (unpaired) electrons. The first-order chi connectivity index (χ1) is 13.5. The van der Waals surface area contributed by atoms with Crippen LogP contribution < -0.4 is 5.32 Å². The number of likely N-dealkylation sites (tertiary alicyclic amines) is 1. The average molecular weight is 423 g/mol. The van der Waals surface area contributed by atoms with Crippen LogP contribution in [0.4, 0.5) is 10.2 Å². The number of halogens is 2. The Balaban J connectivity index is 1.31. The van der Waals surface area contributed by atoms with Crippen LogP contribution in [0.2, 0.25) is 5.15 Å². The maximum Gasteiger partial charge on any atom is 0.264 e. The number of aromatic nitrogens is 2. The van der Waals surface area contributed by atoms with Gasteiger partial charge in [0, 0.05) is 23.8 Å². The van der Waals surface area contributed by atoms with Gasteiger partial charge in [0.15, 0.2) is 10.8 Å². The summed E-state index contributed by atoms with van der Waals surface area (Å²) < 4.78 is 21.4. The Morgan fingerprint density at radius 3 is 3.07 bits per heavy atom. The fourth-order valence-corrected chi connectivity index (χ4v) is 5.78. The molecule has 1 saturated heterocycles. The number of anilines is 1. The molecule has 0 aromatic carbocycles. The smallest absolute Gasteiger partial charge is 0.264 e. The lowest BCUT2D eigenvalue weighted by Gasteiger charge is -2.28. The van der Waals surface area contributed by atoms with Crippen LogP contribution in [0.15, 0.2) is 18.2 Å². The van der Waals surface area contributed by atoms with Crippen molar-refractivity contribution < 1.29 is 13.9 Å². The van der Waals surface area contributed by atoms with E-state index < -0.39 is 11.7 Å². The summed E-state index contributed by atoms with van der Waals surface area (Å²) in [5, 5.41) is 11.2. The molecule has 1 N–H and O–H groups in total. The molecule has 2 aromatic heterocycles. The van der Waals surface area contributed by atoms with E-state index in [1.807, 2.05) is 6.07 Å². The zero-order valence-electron chi connectivity index (χ0n) is 15.2. The zero-order chi connectivity index (χ0) is 19.3. The molecule has 2 fully saturated rings. The number of thiophene rings is 1. The molecule has 2 aliphatic heterocycles. The van der Waals surface area contributed by atoms with Crippen LogP contribution in [-0.2, 0) is 17.8 Å². The summed E-state index contributed by atoms with van der Waals surface area (Å²) in [6.45, 7) is 1.82. The topological polar surface area (TPSA) is 67.3 Å². The number of hydrogen-bond acceptors (Lipinski definition) is 6. The Morgan fingerprint density at radius 1 is 1.39 bits per heavy atom. The number of fused-ring (bicyclic) bond motifs is 2. The molecular weight excluding hydrogens is 403 g/mol. The van der Waals surface area contributed by atoms with Crippen molar-refractivity contribution in [1.29, 1.82) is 0 Å². The summed E-state index contributed by atoms with van der Waals surface area (Å²) in [6.07, 6.45) is 2.29. The van der Waals surface area contributed by atoms with Gasteiger partial charge in [-0.25, -0.2) is 4.39 Å². The fraction of sp³-hybridized carbons (Fsp3) is 0.526. The van der Waals surface area contributed by atoms with E-state index in [-0.39, 0.29) is 18.4 Å². The Morgan fingerprint density at radius 2 is 2.29 bits per heavy atom. The highest BCUT2D eigenvalue weighted by molar-refractivity contribution is 7.14. The van der Waals surface area contributed by atoms with Crippen LogP contribution in [-0.4, -0.2) is 52.4 Å². The van der Waals surface area contributed by atoms with Crippen molar-refractivity contribution in [2.75, 3.05) is 25.0 Å². The highest BCUT2D eigenvalue weighted by Gasteiger charge is 2.57. The lowest BCUT2D eigenvalue weighted by molar-refractivity contribution is 0.0745. The molecule has 0 unspecified atom stereocenters. The van der Waals surface area contributed by atoms with Gasteiger partial charge in [0.25, 0.3) is 5.91 Å². The Labute approximate surface area is 171 Å². The molecule has 28 heavy (non-hydrogen) atoms. The van der Waals surface area contributed by atoms with E-state index >= 15 is 4.39 Å². The van der Waals surface area contributed by atoms with Crippen LogP contribution in [0.3, 0.4) is 0 Å². The maximum atomic E-state index is 15.9. The molecule has 2 aromatic rings. The van der Waals surface area contributed by atoms with Gasteiger partial charge in [-0.2, -0.15) is 0 Å². The Hall–Kier alpha value is -1.77. The highest BCUT2D eigenvalue weighted by Crippen LogP contribution is 2.46. The van der Waals surface area contributed by atoms with E-state index in [1.165, 1.54) is 16.2 Å². The van der Waals surface area contributed by atoms with Crippen molar-refractivity contribution in [2.45, 2.75) is 37.6 Å². The Kier molecular flexibility index (Phi) is 4.52. The normalized spacial score (nSPS) is 28.9. The van der Waals surface area contributed by atoms with E-state index in [1.54, 1.807) is 17.0 Å². The first-order valence-corrected chi connectivity index (χ1v) is 10.7. The predicted octanol–water partition coefficient (Wildman–Crippen LogP) is 3.32. The summed E-state index contributed by atoms with van der Waals surface area (Å²) >= 11 is 7.29. The molecule has 4 heterocycles. The van der Waals surface area contributed by atoms with Gasteiger partial charge in [-0.1, -0.05) is 11.6 Å². The van der Waals surface area contributed by atoms with Crippen LogP contribution in [0.25, 0.3) is 0 Å². The van der Waals surface area contributed by atoms with Gasteiger partial charge < -0.3 is 15.0 Å². The van der Waals surface area contributed by atoms with Crippen molar-refractivity contribution in [1.82, 2.24) is 15.1 Å². The van der Waals surface area contributed by atoms with Gasteiger partial charge in [0.1, 0.15) is 5.82 Å². The predicted molar refractivity (Wildman–Crippen MR) is 105 cm³/mol. The van der Waals surface area contributed by atoms with Crippen molar-refractivity contribution in [3.8, 4) is 0 Å². The number of rotatable bonds is 3. The van der Waals surface area contributed by atoms with Crippen molar-refractivity contribution in [3.05, 3.63) is 38.7 Å². The lowest BCUT2D eigenvalue weighted by Crippen LogP contribution is -2.45. The number of nitrogens with one attached hydrogen (secondary N) is 1. The highest BCUT2D eigenvalue weighted by atomic mass is 35.5. The van der Waals surface area contributed by atoms with E-state index in [0.717, 1.165) is 18.4 Å². The number of alkyl halides is 1. The summed E-state index contributed by atoms with van der Waals surface area (Å²) in [7, 11) is 0. The zero-order valence-corrected chi connectivity index (χ0v) is 16.7. The molecule has 5 rings (SSSR count). The molecule has 1 saturated carbocycles. The molecule has 3 aliphatic rings. The quantitative estimate of drug-likeness (QED) is 0.821. The fourth-order valence-electron chi connectivity index (χ4n) is 4.56. The van der Waals surface area contributed by atoms with Gasteiger partial charge in [0.05, 0.1) is 30.7 Å². The standard InChI is InChI=1S/C19H20ClFN4O2S/c20-16-3-4-17(24-23-16)22-15-2-1-12-8-25(10-19(12,15)21)18(26)14-7-11-9-27-6-5-13(11)28-14/h3-4,7,12,15H,1-2,5-6,8-10H2,(H,22,24)/t12-,15+,19-/m0/s1. The average Bonchev–Trinajstić information content (AvgIpc) is 3.35. The first-order valence-electron chi connectivity index (χ1n) is 9.46. The summed E-state index contributed by atoms with van der Waals surface area (Å²) in [4.78, 5) is 16.6. The minimum atomic E-state index is -1.46. The molecule has 1 amide bonds. The molecule has 9 heteroatoms. The molecule has 1 aliphatic carbocycles. The largest absolute Gasteiger partial charge is 0.376 e. The van der Waals surface area contributed by atoms with Crippen LogP contribution in [0.5, 0.6) is 0 Å². The van der Waals surface area contributed by atoms with Crippen molar-refractivity contribution >= 4 is 34.7 Å². The molecule has 6 nitrogen and oxygen atoms in total. The minimum Gasteiger partial charge on any atom is -0.376 e. The molecule has 148 valence electrons. The first kappa shape index (κ1) is 18.3. The van der Waals surface area contributed by atoms with Gasteiger partial charge in [-0.15, -0.1) is 21.5 Å². The second-order valence-electron chi connectivity index (χ2n) is 7.69. The van der Waals surface area contributed by atoms with Gasteiger partial charge in [-0.05, 0) is 36.6 Å².